The zero-order chi connectivity index (χ0) is 12.6. The minimum atomic E-state index is -0.301. The molecule has 4 heteroatoms. The van der Waals surface area contributed by atoms with E-state index in [1.807, 2.05) is 0 Å². The molecule has 2 N–H and O–H groups in total. The molecule has 1 aromatic rings. The molecule has 2 rings (SSSR count). The van der Waals surface area contributed by atoms with Gasteiger partial charge in [0.1, 0.15) is 5.82 Å². The second kappa shape index (κ2) is 4.84. The number of hydrogen-bond donors (Lipinski definition) is 1. The van der Waals surface area contributed by atoms with Crippen LogP contribution in [0.1, 0.15) is 20.3 Å². The first kappa shape index (κ1) is 12.7. The highest BCUT2D eigenvalue weighted by molar-refractivity contribution is 9.10. The number of nitrogen functional groups attached to an aromatic ring is 1. The van der Waals surface area contributed by atoms with E-state index in [1.165, 1.54) is 6.07 Å². The molecule has 1 heterocycles. The Morgan fingerprint density at radius 1 is 1.35 bits per heavy atom. The fourth-order valence-corrected chi connectivity index (χ4v) is 2.64. The van der Waals surface area contributed by atoms with Gasteiger partial charge in [0, 0.05) is 19.2 Å². The van der Waals surface area contributed by atoms with Crippen molar-refractivity contribution >= 4 is 27.3 Å². The van der Waals surface area contributed by atoms with E-state index in [0.29, 0.717) is 16.1 Å². The lowest BCUT2D eigenvalue weighted by Gasteiger charge is -2.37. The second-order valence-electron chi connectivity index (χ2n) is 5.01. The van der Waals surface area contributed by atoms with Crippen molar-refractivity contribution in [2.75, 3.05) is 23.7 Å². The fourth-order valence-electron chi connectivity index (χ4n) is 2.31. The third kappa shape index (κ3) is 2.57. The van der Waals surface area contributed by atoms with Crippen molar-refractivity contribution in [3.63, 3.8) is 0 Å². The molecule has 94 valence electrons. The SMILES string of the molecule is CC1CCN(c2cc(Br)c(F)cc2N)CC1C. The zero-order valence-electron chi connectivity index (χ0n) is 10.2. The summed E-state index contributed by atoms with van der Waals surface area (Å²) in [7, 11) is 0. The van der Waals surface area contributed by atoms with Crippen molar-refractivity contribution in [2.24, 2.45) is 11.8 Å². The molecule has 1 fully saturated rings. The molecule has 0 radical (unpaired) electrons. The highest BCUT2D eigenvalue weighted by Gasteiger charge is 2.24. The molecular formula is C13H18BrFN2. The largest absolute Gasteiger partial charge is 0.397 e. The van der Waals surface area contributed by atoms with Crippen LogP contribution in [-0.4, -0.2) is 13.1 Å². The molecule has 2 unspecified atom stereocenters. The van der Waals surface area contributed by atoms with Crippen LogP contribution in [0.5, 0.6) is 0 Å². The summed E-state index contributed by atoms with van der Waals surface area (Å²) in [6, 6.07) is 3.18. The van der Waals surface area contributed by atoms with Crippen LogP contribution in [0, 0.1) is 17.7 Å². The average molecular weight is 301 g/mol. The maximum atomic E-state index is 13.3. The minimum absolute atomic E-state index is 0.301. The molecule has 2 atom stereocenters. The van der Waals surface area contributed by atoms with Gasteiger partial charge in [-0.3, -0.25) is 0 Å². The molecule has 0 saturated carbocycles. The van der Waals surface area contributed by atoms with Crippen LogP contribution in [0.15, 0.2) is 16.6 Å². The Labute approximate surface area is 110 Å². The van der Waals surface area contributed by atoms with E-state index in [-0.39, 0.29) is 5.82 Å². The van der Waals surface area contributed by atoms with Crippen molar-refractivity contribution in [1.29, 1.82) is 0 Å². The smallest absolute Gasteiger partial charge is 0.139 e. The molecule has 0 aliphatic carbocycles. The number of rotatable bonds is 1. The van der Waals surface area contributed by atoms with Crippen LogP contribution >= 0.6 is 15.9 Å². The first-order valence-corrected chi connectivity index (χ1v) is 6.77. The van der Waals surface area contributed by atoms with E-state index >= 15 is 0 Å². The van der Waals surface area contributed by atoms with Crippen LogP contribution < -0.4 is 10.6 Å². The first-order valence-electron chi connectivity index (χ1n) is 5.98. The van der Waals surface area contributed by atoms with Gasteiger partial charge in [-0.25, -0.2) is 4.39 Å². The summed E-state index contributed by atoms with van der Waals surface area (Å²) in [5, 5.41) is 0. The van der Waals surface area contributed by atoms with Crippen molar-refractivity contribution in [3.8, 4) is 0 Å². The van der Waals surface area contributed by atoms with E-state index in [4.69, 9.17) is 5.73 Å². The summed E-state index contributed by atoms with van der Waals surface area (Å²) in [6.45, 7) is 6.52. The van der Waals surface area contributed by atoms with Crippen LogP contribution in [0.2, 0.25) is 0 Å². The average Bonchev–Trinajstić information content (AvgIpc) is 2.27. The van der Waals surface area contributed by atoms with Gasteiger partial charge in [0.25, 0.3) is 0 Å². The summed E-state index contributed by atoms with van der Waals surface area (Å²) in [6.07, 6.45) is 1.16. The third-order valence-corrected chi connectivity index (χ3v) is 4.35. The van der Waals surface area contributed by atoms with E-state index in [1.54, 1.807) is 6.07 Å². The molecule has 1 aromatic carbocycles. The Kier molecular flexibility index (Phi) is 3.61. The lowest BCUT2D eigenvalue weighted by molar-refractivity contribution is 0.324. The Hall–Kier alpha value is -0.770. The van der Waals surface area contributed by atoms with Gasteiger partial charge in [0.05, 0.1) is 15.8 Å². The van der Waals surface area contributed by atoms with Gasteiger partial charge in [-0.15, -0.1) is 0 Å². The molecule has 1 saturated heterocycles. The van der Waals surface area contributed by atoms with Crippen LogP contribution in [0.3, 0.4) is 0 Å². The number of halogens is 2. The Morgan fingerprint density at radius 3 is 2.71 bits per heavy atom. The van der Waals surface area contributed by atoms with Gasteiger partial charge in [0.2, 0.25) is 0 Å². The summed E-state index contributed by atoms with van der Waals surface area (Å²) in [5.74, 6) is 1.09. The highest BCUT2D eigenvalue weighted by Crippen LogP contribution is 2.33. The van der Waals surface area contributed by atoms with E-state index < -0.39 is 0 Å². The number of nitrogens with two attached hydrogens (primary N) is 1. The molecule has 0 spiro atoms. The number of piperidine rings is 1. The van der Waals surface area contributed by atoms with Crippen molar-refractivity contribution in [1.82, 2.24) is 0 Å². The highest BCUT2D eigenvalue weighted by atomic mass is 79.9. The predicted octanol–water partition coefficient (Wildman–Crippen LogP) is 3.65. The Balaban J connectivity index is 2.26. The van der Waals surface area contributed by atoms with E-state index in [9.17, 15) is 4.39 Å². The van der Waals surface area contributed by atoms with Gasteiger partial charge < -0.3 is 10.6 Å². The third-order valence-electron chi connectivity index (χ3n) is 3.74. The topological polar surface area (TPSA) is 29.3 Å². The summed E-state index contributed by atoms with van der Waals surface area (Å²) >= 11 is 3.22. The van der Waals surface area contributed by atoms with E-state index in [2.05, 4.69) is 34.7 Å². The van der Waals surface area contributed by atoms with Crippen molar-refractivity contribution < 1.29 is 4.39 Å². The standard InChI is InChI=1S/C13H18BrFN2/c1-8-3-4-17(7-9(8)2)13-5-10(14)11(15)6-12(13)16/h5-6,8-9H,3-4,7,16H2,1-2H3. The fraction of sp³-hybridized carbons (Fsp3) is 0.538. The predicted molar refractivity (Wildman–Crippen MR) is 73.7 cm³/mol. The number of nitrogens with zero attached hydrogens (tertiary/aromatic N) is 1. The second-order valence-corrected chi connectivity index (χ2v) is 5.87. The molecule has 2 nitrogen and oxygen atoms in total. The summed E-state index contributed by atoms with van der Waals surface area (Å²) < 4.78 is 13.8. The quantitative estimate of drug-likeness (QED) is 0.802. The summed E-state index contributed by atoms with van der Waals surface area (Å²) in [5.41, 5.74) is 7.36. The van der Waals surface area contributed by atoms with Gasteiger partial charge in [0.15, 0.2) is 0 Å². The Bertz CT molecular complexity index is 422. The lowest BCUT2D eigenvalue weighted by atomic mass is 9.88. The Morgan fingerprint density at radius 2 is 2.06 bits per heavy atom. The maximum absolute atomic E-state index is 13.3. The van der Waals surface area contributed by atoms with E-state index in [0.717, 1.165) is 31.1 Å². The number of anilines is 2. The van der Waals surface area contributed by atoms with Gasteiger partial charge >= 0.3 is 0 Å². The molecule has 17 heavy (non-hydrogen) atoms. The normalized spacial score (nSPS) is 25.1. The minimum Gasteiger partial charge on any atom is -0.397 e. The first-order chi connectivity index (χ1) is 7.99. The lowest BCUT2D eigenvalue weighted by Crippen LogP contribution is -2.38. The summed E-state index contributed by atoms with van der Waals surface area (Å²) in [4.78, 5) is 2.25. The monoisotopic (exact) mass is 300 g/mol. The van der Waals surface area contributed by atoms with Crippen LogP contribution in [-0.2, 0) is 0 Å². The van der Waals surface area contributed by atoms with Crippen molar-refractivity contribution in [2.45, 2.75) is 20.3 Å². The molecule has 1 aliphatic rings. The zero-order valence-corrected chi connectivity index (χ0v) is 11.8. The molecular weight excluding hydrogens is 283 g/mol. The molecule has 1 aliphatic heterocycles. The van der Waals surface area contributed by atoms with Crippen molar-refractivity contribution in [3.05, 3.63) is 22.4 Å². The molecule has 0 amide bonds. The van der Waals surface area contributed by atoms with Gasteiger partial charge in [-0.2, -0.15) is 0 Å². The molecule has 0 aromatic heterocycles. The maximum Gasteiger partial charge on any atom is 0.139 e. The number of benzene rings is 1. The molecule has 0 bridgehead atoms. The van der Waals surface area contributed by atoms with Gasteiger partial charge in [-0.05, 0) is 40.3 Å². The van der Waals surface area contributed by atoms with Crippen LogP contribution in [0.25, 0.3) is 0 Å². The number of hydrogen-bond acceptors (Lipinski definition) is 2. The van der Waals surface area contributed by atoms with Gasteiger partial charge in [-0.1, -0.05) is 13.8 Å². The van der Waals surface area contributed by atoms with Crippen LogP contribution in [0.4, 0.5) is 15.8 Å².